The Kier molecular flexibility index (Phi) is 7.70. The van der Waals surface area contributed by atoms with Gasteiger partial charge in [0.15, 0.2) is 5.96 Å². The molecule has 0 heterocycles. The number of nitrogens with two attached hydrogens (primary N) is 1. The van der Waals surface area contributed by atoms with E-state index in [1.165, 1.54) is 0 Å². The molecule has 4 N–H and O–H groups in total. The zero-order chi connectivity index (χ0) is 15.3. The normalized spacial score (nSPS) is 11.6. The molecule has 0 fully saturated rings. The summed E-state index contributed by atoms with van der Waals surface area (Å²) >= 11 is 0. The first-order chi connectivity index (χ1) is 9.24. The molecule has 1 amide bonds. The van der Waals surface area contributed by atoms with Crippen LogP contribution >= 0.6 is 24.0 Å². The Morgan fingerprint density at radius 2 is 1.76 bits per heavy atom. The van der Waals surface area contributed by atoms with Crippen LogP contribution < -0.4 is 16.4 Å². The Labute approximate surface area is 143 Å². The number of rotatable bonds is 4. The minimum atomic E-state index is -0.580. The van der Waals surface area contributed by atoms with E-state index in [2.05, 4.69) is 21.7 Å². The molecule has 5 nitrogen and oxygen atoms in total. The molecule has 118 valence electrons. The first-order valence-electron chi connectivity index (χ1n) is 6.62. The van der Waals surface area contributed by atoms with E-state index in [1.54, 1.807) is 7.05 Å². The largest absolute Gasteiger partial charge is 0.370 e. The van der Waals surface area contributed by atoms with Crippen molar-refractivity contribution in [3.63, 3.8) is 0 Å². The molecule has 21 heavy (non-hydrogen) atoms. The average molecular weight is 404 g/mol. The molecule has 0 bridgehead atoms. The lowest BCUT2D eigenvalue weighted by atomic mass is 9.93. The quantitative estimate of drug-likeness (QED) is 0.410. The third-order valence-corrected chi connectivity index (χ3v) is 2.98. The molecule has 0 saturated carbocycles. The van der Waals surface area contributed by atoms with Crippen molar-refractivity contribution >= 4 is 41.5 Å². The van der Waals surface area contributed by atoms with E-state index in [1.807, 2.05) is 39.8 Å². The van der Waals surface area contributed by atoms with Crippen molar-refractivity contribution in [3.8, 4) is 0 Å². The van der Waals surface area contributed by atoms with Crippen LogP contribution in [0.4, 0.5) is 5.69 Å². The number of amides is 1. The molecular weight excluding hydrogens is 379 g/mol. The summed E-state index contributed by atoms with van der Waals surface area (Å²) in [5, 5.41) is 5.67. The summed E-state index contributed by atoms with van der Waals surface area (Å²) in [5.41, 5.74) is 8.50. The fourth-order valence-electron chi connectivity index (χ4n) is 1.93. The van der Waals surface area contributed by atoms with Gasteiger partial charge in [-0.2, -0.15) is 0 Å². The number of hydrogen-bond acceptors (Lipinski definition) is 2. The van der Waals surface area contributed by atoms with Crippen molar-refractivity contribution in [2.75, 3.05) is 18.9 Å². The highest BCUT2D eigenvalue weighted by atomic mass is 127. The fourth-order valence-corrected chi connectivity index (χ4v) is 1.93. The average Bonchev–Trinajstić information content (AvgIpc) is 2.34. The predicted molar refractivity (Wildman–Crippen MR) is 99.3 cm³/mol. The zero-order valence-corrected chi connectivity index (χ0v) is 15.6. The van der Waals surface area contributed by atoms with Crippen molar-refractivity contribution < 1.29 is 4.79 Å². The highest BCUT2D eigenvalue weighted by Crippen LogP contribution is 2.16. The number of nitrogens with zero attached hydrogens (tertiary/aromatic N) is 1. The van der Waals surface area contributed by atoms with Crippen LogP contribution in [0.25, 0.3) is 0 Å². The van der Waals surface area contributed by atoms with Crippen LogP contribution in [0.15, 0.2) is 23.2 Å². The van der Waals surface area contributed by atoms with E-state index >= 15 is 0 Å². The summed E-state index contributed by atoms with van der Waals surface area (Å²) in [6.45, 7) is 8.05. The third-order valence-electron chi connectivity index (χ3n) is 2.98. The van der Waals surface area contributed by atoms with Gasteiger partial charge in [0.05, 0.1) is 12.0 Å². The minimum absolute atomic E-state index is 0. The van der Waals surface area contributed by atoms with Gasteiger partial charge in [-0.25, -0.2) is 0 Å². The molecule has 1 aromatic rings. The molecule has 0 aliphatic heterocycles. The van der Waals surface area contributed by atoms with Crippen LogP contribution in [-0.4, -0.2) is 25.5 Å². The van der Waals surface area contributed by atoms with Crippen molar-refractivity contribution in [2.45, 2.75) is 27.7 Å². The van der Waals surface area contributed by atoms with Gasteiger partial charge in [0, 0.05) is 12.7 Å². The Morgan fingerprint density at radius 1 is 1.24 bits per heavy atom. The van der Waals surface area contributed by atoms with Gasteiger partial charge >= 0.3 is 0 Å². The number of guanidine groups is 1. The topological polar surface area (TPSA) is 79.5 Å². The monoisotopic (exact) mass is 404 g/mol. The molecule has 0 aliphatic carbocycles. The van der Waals surface area contributed by atoms with Gasteiger partial charge in [0.2, 0.25) is 5.91 Å². The molecule has 0 unspecified atom stereocenters. The number of nitrogens with one attached hydrogen (secondary N) is 2. The lowest BCUT2D eigenvalue weighted by molar-refractivity contribution is -0.128. The maximum Gasteiger partial charge on any atom is 0.227 e. The second-order valence-electron chi connectivity index (χ2n) is 5.67. The van der Waals surface area contributed by atoms with Crippen LogP contribution in [-0.2, 0) is 4.79 Å². The summed E-state index contributed by atoms with van der Waals surface area (Å²) in [7, 11) is 1.62. The predicted octanol–water partition coefficient (Wildman–Crippen LogP) is 2.42. The molecule has 0 spiro atoms. The van der Waals surface area contributed by atoms with E-state index in [0.717, 1.165) is 16.8 Å². The standard InChI is InChI=1S/C15H24N4O.HI/c1-10-6-11(2)8-12(7-10)19-14(16)18-9-15(3,4)13(20)17-5;/h6-8H,9H2,1-5H3,(H,17,20)(H3,16,18,19);1H. The molecule has 1 rings (SSSR count). The smallest absolute Gasteiger partial charge is 0.227 e. The summed E-state index contributed by atoms with van der Waals surface area (Å²) in [5.74, 6) is 0.257. The molecule has 0 aliphatic rings. The fraction of sp³-hybridized carbons (Fsp3) is 0.467. The second kappa shape index (κ2) is 8.21. The van der Waals surface area contributed by atoms with Crippen LogP contribution in [0, 0.1) is 19.3 Å². The van der Waals surface area contributed by atoms with Gasteiger partial charge in [-0.15, -0.1) is 24.0 Å². The van der Waals surface area contributed by atoms with E-state index in [0.29, 0.717) is 12.5 Å². The summed E-state index contributed by atoms with van der Waals surface area (Å²) in [6, 6.07) is 6.09. The highest BCUT2D eigenvalue weighted by Gasteiger charge is 2.26. The Bertz CT molecular complexity index is 506. The van der Waals surface area contributed by atoms with Crippen molar-refractivity contribution in [1.82, 2.24) is 5.32 Å². The number of anilines is 1. The maximum absolute atomic E-state index is 11.7. The SMILES string of the molecule is CNC(=O)C(C)(C)CN=C(N)Nc1cc(C)cc(C)c1.I. The molecule has 6 heteroatoms. The van der Waals surface area contributed by atoms with E-state index in [-0.39, 0.29) is 29.9 Å². The van der Waals surface area contributed by atoms with Gasteiger partial charge in [0.1, 0.15) is 0 Å². The highest BCUT2D eigenvalue weighted by molar-refractivity contribution is 14.0. The Morgan fingerprint density at radius 3 is 2.24 bits per heavy atom. The number of hydrogen-bond donors (Lipinski definition) is 3. The van der Waals surface area contributed by atoms with E-state index < -0.39 is 5.41 Å². The number of benzene rings is 1. The summed E-state index contributed by atoms with van der Waals surface area (Å²) < 4.78 is 0. The summed E-state index contributed by atoms with van der Waals surface area (Å²) in [6.07, 6.45) is 0. The van der Waals surface area contributed by atoms with Crippen molar-refractivity contribution in [3.05, 3.63) is 29.3 Å². The van der Waals surface area contributed by atoms with Gasteiger partial charge in [-0.3, -0.25) is 9.79 Å². The number of aryl methyl sites for hydroxylation is 2. The molecule has 0 atom stereocenters. The molecule has 0 saturated heterocycles. The second-order valence-corrected chi connectivity index (χ2v) is 5.67. The van der Waals surface area contributed by atoms with Crippen LogP contribution in [0.1, 0.15) is 25.0 Å². The first-order valence-corrected chi connectivity index (χ1v) is 6.62. The van der Waals surface area contributed by atoms with Gasteiger partial charge in [0.25, 0.3) is 0 Å². The van der Waals surface area contributed by atoms with E-state index in [9.17, 15) is 4.79 Å². The molecule has 1 aromatic carbocycles. The number of carbonyl (C=O) groups is 1. The van der Waals surface area contributed by atoms with Crippen molar-refractivity contribution in [1.29, 1.82) is 0 Å². The Hall–Kier alpha value is -1.31. The van der Waals surface area contributed by atoms with Gasteiger partial charge < -0.3 is 16.4 Å². The van der Waals surface area contributed by atoms with E-state index in [4.69, 9.17) is 5.73 Å². The zero-order valence-electron chi connectivity index (χ0n) is 13.3. The van der Waals surface area contributed by atoms with Crippen LogP contribution in [0.5, 0.6) is 0 Å². The van der Waals surface area contributed by atoms with Gasteiger partial charge in [-0.1, -0.05) is 6.07 Å². The third kappa shape index (κ3) is 6.33. The number of aliphatic imine (C=N–C) groups is 1. The lowest BCUT2D eigenvalue weighted by Crippen LogP contribution is -2.37. The molecule has 0 aromatic heterocycles. The maximum atomic E-state index is 11.7. The number of carbonyl (C=O) groups excluding carboxylic acids is 1. The minimum Gasteiger partial charge on any atom is -0.370 e. The summed E-state index contributed by atoms with van der Waals surface area (Å²) in [4.78, 5) is 15.9. The van der Waals surface area contributed by atoms with Gasteiger partial charge in [-0.05, 0) is 51.0 Å². The lowest BCUT2D eigenvalue weighted by Gasteiger charge is -2.20. The molecule has 0 radical (unpaired) electrons. The first kappa shape index (κ1) is 19.7. The van der Waals surface area contributed by atoms with Crippen LogP contribution in [0.2, 0.25) is 0 Å². The Balaban J connectivity index is 0.00000400. The molecular formula is C15H25IN4O. The van der Waals surface area contributed by atoms with Crippen LogP contribution in [0.3, 0.4) is 0 Å². The van der Waals surface area contributed by atoms with Crippen molar-refractivity contribution in [2.24, 2.45) is 16.1 Å². The number of halogens is 1.